The number of fused-ring (bicyclic) bond motifs is 1. The SMILES string of the molecule is CC(=O)OOC(=O)C(N)Cc1cn(O)c2ccccc12. The van der Waals surface area contributed by atoms with E-state index in [1.165, 1.54) is 6.20 Å². The van der Waals surface area contributed by atoms with Gasteiger partial charge in [-0.05, 0) is 11.6 Å². The Hall–Kier alpha value is -2.54. The molecule has 0 fully saturated rings. The summed E-state index contributed by atoms with van der Waals surface area (Å²) in [4.78, 5) is 30.4. The van der Waals surface area contributed by atoms with Crippen molar-refractivity contribution in [1.82, 2.24) is 4.73 Å². The van der Waals surface area contributed by atoms with E-state index in [1.54, 1.807) is 12.1 Å². The molecule has 0 radical (unpaired) electrons. The molecule has 0 bridgehead atoms. The molecule has 1 heterocycles. The Labute approximate surface area is 114 Å². The molecule has 0 spiro atoms. The van der Waals surface area contributed by atoms with Gasteiger partial charge in [0.15, 0.2) is 0 Å². The fraction of sp³-hybridized carbons (Fsp3) is 0.231. The molecule has 1 unspecified atom stereocenters. The molecule has 0 amide bonds. The van der Waals surface area contributed by atoms with Crippen molar-refractivity contribution >= 4 is 22.8 Å². The summed E-state index contributed by atoms with van der Waals surface area (Å²) in [6, 6.07) is 6.14. The number of benzene rings is 1. The average Bonchev–Trinajstić information content (AvgIpc) is 2.73. The van der Waals surface area contributed by atoms with Crippen LogP contribution in [-0.4, -0.2) is 27.9 Å². The molecule has 3 N–H and O–H groups in total. The summed E-state index contributed by atoms with van der Waals surface area (Å²) in [6.45, 7) is 1.11. The standard InChI is InChI=1S/C13H14N2O5/c1-8(16)19-20-13(17)11(14)6-9-7-15(18)12-5-3-2-4-10(9)12/h2-5,7,11,18H,6,14H2,1H3. The Balaban J connectivity index is 2.12. The third kappa shape index (κ3) is 2.89. The van der Waals surface area contributed by atoms with Crippen LogP contribution in [0.3, 0.4) is 0 Å². The van der Waals surface area contributed by atoms with Gasteiger partial charge in [0.05, 0.1) is 5.52 Å². The molecule has 7 heteroatoms. The smallest absolute Gasteiger partial charge is 0.372 e. The van der Waals surface area contributed by atoms with E-state index in [-0.39, 0.29) is 6.42 Å². The molecule has 0 aliphatic heterocycles. The topological polar surface area (TPSA) is 104 Å². The maximum absolute atomic E-state index is 11.5. The molecule has 7 nitrogen and oxygen atoms in total. The molecule has 1 aromatic heterocycles. The number of carbonyl (C=O) groups excluding carboxylic acids is 2. The van der Waals surface area contributed by atoms with Crippen LogP contribution in [-0.2, 0) is 25.8 Å². The zero-order chi connectivity index (χ0) is 14.7. The summed E-state index contributed by atoms with van der Waals surface area (Å²) >= 11 is 0. The van der Waals surface area contributed by atoms with Crippen molar-refractivity contribution in [3.63, 3.8) is 0 Å². The highest BCUT2D eigenvalue weighted by molar-refractivity contribution is 5.85. The third-order valence-electron chi connectivity index (χ3n) is 2.76. The molecule has 0 saturated heterocycles. The van der Waals surface area contributed by atoms with E-state index in [2.05, 4.69) is 9.78 Å². The number of rotatable bonds is 3. The molecule has 1 aromatic carbocycles. The minimum Gasteiger partial charge on any atom is -0.428 e. The molecule has 20 heavy (non-hydrogen) atoms. The first kappa shape index (κ1) is 13.9. The van der Waals surface area contributed by atoms with Crippen molar-refractivity contribution in [2.24, 2.45) is 5.73 Å². The summed E-state index contributed by atoms with van der Waals surface area (Å²) in [5.74, 6) is -1.59. The lowest BCUT2D eigenvalue weighted by atomic mass is 10.1. The fourth-order valence-electron chi connectivity index (χ4n) is 1.88. The first-order chi connectivity index (χ1) is 9.49. The van der Waals surface area contributed by atoms with Crippen LogP contribution in [0.25, 0.3) is 10.9 Å². The van der Waals surface area contributed by atoms with Crippen molar-refractivity contribution in [2.75, 3.05) is 0 Å². The van der Waals surface area contributed by atoms with Crippen molar-refractivity contribution in [1.29, 1.82) is 0 Å². The van der Waals surface area contributed by atoms with Crippen LogP contribution in [0.15, 0.2) is 30.5 Å². The van der Waals surface area contributed by atoms with Gasteiger partial charge < -0.3 is 10.9 Å². The van der Waals surface area contributed by atoms with Gasteiger partial charge in [-0.2, -0.15) is 4.73 Å². The Morgan fingerprint density at radius 2 is 2.05 bits per heavy atom. The highest BCUT2D eigenvalue weighted by atomic mass is 17.2. The quantitative estimate of drug-likeness (QED) is 0.488. The Morgan fingerprint density at radius 1 is 1.35 bits per heavy atom. The van der Waals surface area contributed by atoms with E-state index >= 15 is 0 Å². The predicted molar refractivity (Wildman–Crippen MR) is 68.7 cm³/mol. The maximum Gasteiger partial charge on any atom is 0.372 e. The average molecular weight is 278 g/mol. The fourth-order valence-corrected chi connectivity index (χ4v) is 1.88. The Kier molecular flexibility index (Phi) is 3.90. The van der Waals surface area contributed by atoms with Crippen molar-refractivity contribution in [3.8, 4) is 0 Å². The second kappa shape index (κ2) is 5.62. The van der Waals surface area contributed by atoms with Gasteiger partial charge in [0, 0.05) is 24.9 Å². The number of para-hydroxylation sites is 1. The highest BCUT2D eigenvalue weighted by Gasteiger charge is 2.20. The Bertz CT molecular complexity index is 649. The van der Waals surface area contributed by atoms with Crippen LogP contribution in [0.2, 0.25) is 0 Å². The normalized spacial score (nSPS) is 12.1. The molecule has 2 rings (SSSR count). The number of nitrogens with zero attached hydrogens (tertiary/aromatic N) is 1. The van der Waals surface area contributed by atoms with Crippen LogP contribution < -0.4 is 5.73 Å². The van der Waals surface area contributed by atoms with Crippen LogP contribution in [0, 0.1) is 0 Å². The van der Waals surface area contributed by atoms with E-state index in [0.29, 0.717) is 11.1 Å². The van der Waals surface area contributed by atoms with Crippen molar-refractivity contribution in [3.05, 3.63) is 36.0 Å². The van der Waals surface area contributed by atoms with E-state index in [1.807, 2.05) is 12.1 Å². The minimum atomic E-state index is -1.000. The van der Waals surface area contributed by atoms with E-state index in [0.717, 1.165) is 17.0 Å². The predicted octanol–water partition coefficient (Wildman–Crippen LogP) is 0.770. The largest absolute Gasteiger partial charge is 0.428 e. The lowest BCUT2D eigenvalue weighted by molar-refractivity contribution is -0.258. The maximum atomic E-state index is 11.5. The second-order valence-corrected chi connectivity index (χ2v) is 4.30. The molecular weight excluding hydrogens is 264 g/mol. The number of nitrogens with two attached hydrogens (primary N) is 1. The van der Waals surface area contributed by atoms with Crippen molar-refractivity contribution < 1.29 is 24.6 Å². The molecule has 2 aromatic rings. The van der Waals surface area contributed by atoms with Crippen LogP contribution in [0.1, 0.15) is 12.5 Å². The lowest BCUT2D eigenvalue weighted by Gasteiger charge is -2.08. The molecule has 0 aliphatic carbocycles. The van der Waals surface area contributed by atoms with Gasteiger partial charge in [-0.15, -0.1) is 0 Å². The summed E-state index contributed by atoms with van der Waals surface area (Å²) in [5, 5.41) is 10.5. The van der Waals surface area contributed by atoms with Crippen LogP contribution in [0.4, 0.5) is 0 Å². The second-order valence-electron chi connectivity index (χ2n) is 4.30. The molecule has 0 aliphatic rings. The third-order valence-corrected chi connectivity index (χ3v) is 2.76. The Morgan fingerprint density at radius 3 is 2.75 bits per heavy atom. The summed E-state index contributed by atoms with van der Waals surface area (Å²) in [7, 11) is 0. The molecule has 1 atom stereocenters. The first-order valence-corrected chi connectivity index (χ1v) is 5.91. The number of carbonyl (C=O) groups is 2. The highest BCUT2D eigenvalue weighted by Crippen LogP contribution is 2.21. The lowest BCUT2D eigenvalue weighted by Crippen LogP contribution is -2.34. The summed E-state index contributed by atoms with van der Waals surface area (Å²) < 4.78 is 0.967. The van der Waals surface area contributed by atoms with Gasteiger partial charge in [-0.25, -0.2) is 19.4 Å². The van der Waals surface area contributed by atoms with E-state index in [4.69, 9.17) is 5.73 Å². The molecular formula is C13H14N2O5. The van der Waals surface area contributed by atoms with Gasteiger partial charge >= 0.3 is 11.9 Å². The van der Waals surface area contributed by atoms with Gasteiger partial charge in [-0.1, -0.05) is 18.2 Å². The van der Waals surface area contributed by atoms with Crippen molar-refractivity contribution in [2.45, 2.75) is 19.4 Å². The van der Waals surface area contributed by atoms with Crippen LogP contribution in [0.5, 0.6) is 0 Å². The first-order valence-electron chi connectivity index (χ1n) is 5.91. The number of aromatic nitrogens is 1. The van der Waals surface area contributed by atoms with Gasteiger partial charge in [0.2, 0.25) is 0 Å². The van der Waals surface area contributed by atoms with Gasteiger partial charge in [0.25, 0.3) is 0 Å². The van der Waals surface area contributed by atoms with Gasteiger partial charge in [-0.3, -0.25) is 0 Å². The zero-order valence-corrected chi connectivity index (χ0v) is 10.8. The van der Waals surface area contributed by atoms with Gasteiger partial charge in [0.1, 0.15) is 6.04 Å². The minimum absolute atomic E-state index is 0.147. The number of hydrogen-bond acceptors (Lipinski definition) is 6. The summed E-state index contributed by atoms with van der Waals surface area (Å²) in [6.07, 6.45) is 1.62. The van der Waals surface area contributed by atoms with E-state index < -0.39 is 18.0 Å². The number of hydrogen-bond donors (Lipinski definition) is 2. The molecule has 0 saturated carbocycles. The van der Waals surface area contributed by atoms with Crippen LogP contribution >= 0.6 is 0 Å². The monoisotopic (exact) mass is 278 g/mol. The van der Waals surface area contributed by atoms with E-state index in [9.17, 15) is 14.8 Å². The zero-order valence-electron chi connectivity index (χ0n) is 10.8. The molecule has 106 valence electrons. The summed E-state index contributed by atoms with van der Waals surface area (Å²) in [5.41, 5.74) is 6.98.